The zero-order valence-electron chi connectivity index (χ0n) is 18.0. The van der Waals surface area contributed by atoms with Crippen LogP contribution in [0.1, 0.15) is 41.9 Å². The van der Waals surface area contributed by atoms with Crippen molar-refractivity contribution in [3.63, 3.8) is 0 Å². The molecule has 34 heavy (non-hydrogen) atoms. The minimum Gasteiger partial charge on any atom is -0.324 e. The Morgan fingerprint density at radius 1 is 1.18 bits per heavy atom. The van der Waals surface area contributed by atoms with E-state index in [9.17, 15) is 26.4 Å². The largest absolute Gasteiger partial charge is 0.433 e. The summed E-state index contributed by atoms with van der Waals surface area (Å²) >= 11 is 1.42. The Labute approximate surface area is 197 Å². The van der Waals surface area contributed by atoms with Crippen molar-refractivity contribution in [3.05, 3.63) is 52.9 Å². The number of anilines is 2. The first-order chi connectivity index (χ1) is 15.9. The van der Waals surface area contributed by atoms with Crippen LogP contribution in [0.2, 0.25) is 0 Å². The van der Waals surface area contributed by atoms with Crippen molar-refractivity contribution in [2.75, 3.05) is 5.32 Å². The number of carbonyl (C=O) groups is 1. The summed E-state index contributed by atoms with van der Waals surface area (Å²) in [5.41, 5.74) is 1.16. The summed E-state index contributed by atoms with van der Waals surface area (Å²) in [6.07, 6.45) is -1.08. The summed E-state index contributed by atoms with van der Waals surface area (Å²) in [6.45, 7) is 3.01. The van der Waals surface area contributed by atoms with E-state index in [1.807, 2.05) is 17.7 Å². The molecule has 13 heteroatoms. The number of nitrogens with zero attached hydrogens (tertiary/aromatic N) is 3. The molecule has 2 N–H and O–H groups in total. The first-order valence-corrected chi connectivity index (χ1v) is 12.5. The van der Waals surface area contributed by atoms with Gasteiger partial charge < -0.3 is 5.32 Å². The average molecular weight is 512 g/mol. The molecule has 1 fully saturated rings. The molecular weight excluding hydrogens is 491 g/mol. The smallest absolute Gasteiger partial charge is 0.324 e. The lowest BCUT2D eigenvalue weighted by atomic mass is 9.85. The fourth-order valence-corrected chi connectivity index (χ4v) is 6.19. The van der Waals surface area contributed by atoms with Gasteiger partial charge in [0, 0.05) is 30.9 Å². The maximum absolute atomic E-state index is 12.9. The lowest BCUT2D eigenvalue weighted by Gasteiger charge is -2.33. The molecule has 8 nitrogen and oxygen atoms in total. The summed E-state index contributed by atoms with van der Waals surface area (Å²) in [6, 6.07) is 6.25. The van der Waals surface area contributed by atoms with Crippen molar-refractivity contribution in [2.45, 2.75) is 44.0 Å². The number of rotatable bonds is 6. The Kier molecular flexibility index (Phi) is 6.34. The second-order valence-electron chi connectivity index (χ2n) is 8.03. The van der Waals surface area contributed by atoms with E-state index in [-0.39, 0.29) is 11.9 Å². The van der Waals surface area contributed by atoms with E-state index in [4.69, 9.17) is 0 Å². The van der Waals surface area contributed by atoms with Crippen LogP contribution >= 0.6 is 11.3 Å². The van der Waals surface area contributed by atoms with Gasteiger partial charge in [0.25, 0.3) is 0 Å². The van der Waals surface area contributed by atoms with E-state index in [0.717, 1.165) is 40.2 Å². The first kappa shape index (κ1) is 24.1. The number of hydrogen-bond acceptors (Lipinski definition) is 8. The molecule has 1 aromatic carbocycles. The van der Waals surface area contributed by atoms with E-state index < -0.39 is 33.1 Å². The molecule has 2 aromatic heterocycles. The summed E-state index contributed by atoms with van der Waals surface area (Å²) < 4.78 is 65.0. The molecule has 3 aromatic rings. The Hall–Kier alpha value is -3.06. The third kappa shape index (κ3) is 5.36. The highest BCUT2D eigenvalue weighted by molar-refractivity contribution is 7.90. The van der Waals surface area contributed by atoms with E-state index in [1.54, 1.807) is 18.3 Å². The average Bonchev–Trinajstić information content (AvgIpc) is 3.14. The van der Waals surface area contributed by atoms with Gasteiger partial charge in [0.05, 0.1) is 15.1 Å². The minimum absolute atomic E-state index is 0.0202. The highest BCUT2D eigenvalue weighted by Gasteiger charge is 2.41. The fraction of sp³-hybridized carbons (Fsp3) is 0.333. The molecule has 0 unspecified atom stereocenters. The van der Waals surface area contributed by atoms with Crippen LogP contribution < -0.4 is 10.0 Å². The van der Waals surface area contributed by atoms with Crippen LogP contribution in [0.15, 0.2) is 36.7 Å². The van der Waals surface area contributed by atoms with Crippen LogP contribution in [-0.4, -0.2) is 34.5 Å². The molecule has 1 aliphatic rings. The molecule has 0 radical (unpaired) electrons. The van der Waals surface area contributed by atoms with Crippen molar-refractivity contribution in [1.82, 2.24) is 19.7 Å². The Morgan fingerprint density at radius 3 is 2.59 bits per heavy atom. The second-order valence-corrected chi connectivity index (χ2v) is 11.1. The molecule has 1 saturated carbocycles. The summed E-state index contributed by atoms with van der Waals surface area (Å²) in [4.78, 5) is 23.7. The number of alkyl halides is 3. The van der Waals surface area contributed by atoms with Gasteiger partial charge in [0.15, 0.2) is 0 Å². The van der Waals surface area contributed by atoms with Crippen molar-refractivity contribution in [2.24, 2.45) is 0 Å². The Balaban J connectivity index is 1.49. The van der Waals surface area contributed by atoms with Crippen LogP contribution in [0, 0.1) is 6.92 Å². The third-order valence-corrected chi connectivity index (χ3v) is 8.30. The molecular formula is C21H20F3N5O3S2. The van der Waals surface area contributed by atoms with E-state index in [2.05, 4.69) is 20.3 Å². The molecule has 0 aliphatic heterocycles. The summed E-state index contributed by atoms with van der Waals surface area (Å²) in [5.74, 6) is -0.801. The van der Waals surface area contributed by atoms with Crippen LogP contribution in [0.25, 0.3) is 10.4 Å². The monoisotopic (exact) mass is 511 g/mol. The predicted octanol–water partition coefficient (Wildman–Crippen LogP) is 4.38. The molecule has 0 spiro atoms. The fourth-order valence-electron chi connectivity index (χ4n) is 3.62. The van der Waals surface area contributed by atoms with Gasteiger partial charge in [-0.3, -0.25) is 9.52 Å². The van der Waals surface area contributed by atoms with E-state index >= 15 is 0 Å². The summed E-state index contributed by atoms with van der Waals surface area (Å²) in [7, 11) is -3.68. The predicted molar refractivity (Wildman–Crippen MR) is 121 cm³/mol. The normalized spacial score (nSPS) is 18.3. The molecule has 180 valence electrons. The third-order valence-electron chi connectivity index (χ3n) is 5.26. The van der Waals surface area contributed by atoms with Crippen LogP contribution in [0.5, 0.6) is 0 Å². The second kappa shape index (κ2) is 8.95. The SMILES string of the molecule is CC(=O)NS(=O)(=O)C1CC(c2ncc(-c3cc(C)cc(Nc4nccc(C(F)(F)F)n4)c3)s2)C1. The van der Waals surface area contributed by atoms with Gasteiger partial charge in [-0.05, 0) is 49.1 Å². The maximum Gasteiger partial charge on any atom is 0.433 e. The minimum atomic E-state index is -4.57. The van der Waals surface area contributed by atoms with Gasteiger partial charge >= 0.3 is 6.18 Å². The number of halogens is 3. The van der Waals surface area contributed by atoms with Crippen molar-refractivity contribution in [1.29, 1.82) is 0 Å². The van der Waals surface area contributed by atoms with Crippen molar-refractivity contribution >= 4 is 38.9 Å². The molecule has 0 bridgehead atoms. The van der Waals surface area contributed by atoms with Gasteiger partial charge in [-0.15, -0.1) is 11.3 Å². The van der Waals surface area contributed by atoms with Gasteiger partial charge in [-0.25, -0.2) is 23.4 Å². The quantitative estimate of drug-likeness (QED) is 0.505. The number of aromatic nitrogens is 3. The Morgan fingerprint density at radius 2 is 1.91 bits per heavy atom. The number of carbonyl (C=O) groups excluding carboxylic acids is 1. The molecule has 0 saturated heterocycles. The van der Waals surface area contributed by atoms with Gasteiger partial charge in [0.2, 0.25) is 21.9 Å². The maximum atomic E-state index is 12.9. The van der Waals surface area contributed by atoms with E-state index in [1.165, 1.54) is 11.3 Å². The standard InChI is InChI=1S/C21H20F3N5O3S2/c1-11-5-13(7-15(6-11)27-20-25-4-3-18(28-20)21(22,23)24)17-10-26-19(33-17)14-8-16(9-14)34(31,32)29-12(2)30/h3-7,10,14,16H,8-9H2,1-2H3,(H,29,30)(H,25,27,28). The summed E-state index contributed by atoms with van der Waals surface area (Å²) in [5, 5.41) is 2.98. The van der Waals surface area contributed by atoms with Gasteiger partial charge in [0.1, 0.15) is 5.69 Å². The Bertz CT molecular complexity index is 1340. The van der Waals surface area contributed by atoms with Crippen molar-refractivity contribution in [3.8, 4) is 10.4 Å². The van der Waals surface area contributed by atoms with Crippen LogP contribution in [0.4, 0.5) is 24.8 Å². The van der Waals surface area contributed by atoms with Crippen LogP contribution in [0.3, 0.4) is 0 Å². The number of amides is 1. The van der Waals surface area contributed by atoms with Crippen molar-refractivity contribution < 1.29 is 26.4 Å². The highest BCUT2D eigenvalue weighted by atomic mass is 32.2. The highest BCUT2D eigenvalue weighted by Crippen LogP contribution is 2.43. The first-order valence-electron chi connectivity index (χ1n) is 10.2. The zero-order chi connectivity index (χ0) is 24.7. The molecule has 0 atom stereocenters. The van der Waals surface area contributed by atoms with Crippen LogP contribution in [-0.2, 0) is 21.0 Å². The molecule has 1 amide bonds. The number of aryl methyl sites for hydroxylation is 1. The number of sulfonamides is 1. The molecule has 1 aliphatic carbocycles. The number of nitrogens with one attached hydrogen (secondary N) is 2. The van der Waals surface area contributed by atoms with E-state index in [0.29, 0.717) is 18.5 Å². The molecule has 2 heterocycles. The molecule has 4 rings (SSSR count). The van der Waals surface area contributed by atoms with Gasteiger partial charge in [-0.2, -0.15) is 13.2 Å². The van der Waals surface area contributed by atoms with Gasteiger partial charge in [-0.1, -0.05) is 6.07 Å². The topological polar surface area (TPSA) is 114 Å². The zero-order valence-corrected chi connectivity index (χ0v) is 19.7. The lowest BCUT2D eigenvalue weighted by Crippen LogP contribution is -2.43. The number of benzene rings is 1. The number of thiazole rings is 1. The lowest BCUT2D eigenvalue weighted by molar-refractivity contribution is -0.141. The number of hydrogen-bond donors (Lipinski definition) is 2.